The van der Waals surface area contributed by atoms with Crippen LogP contribution in [-0.2, 0) is 11.9 Å². The summed E-state index contributed by atoms with van der Waals surface area (Å²) in [4.78, 5) is 19.2. The topological polar surface area (TPSA) is 80.9 Å². The molecule has 1 N–H and O–H groups in total. The Hall–Kier alpha value is -2.66. The number of halogens is 5. The molecule has 3 rings (SSSR count). The van der Waals surface area contributed by atoms with Crippen molar-refractivity contribution in [1.29, 1.82) is 0 Å². The van der Waals surface area contributed by atoms with Crippen molar-refractivity contribution in [2.75, 3.05) is 12.3 Å². The van der Waals surface area contributed by atoms with E-state index in [0.717, 1.165) is 17.7 Å². The maximum Gasteiger partial charge on any atom is 0.471 e. The number of rotatable bonds is 7. The van der Waals surface area contributed by atoms with Gasteiger partial charge < -0.3 is 9.84 Å². The van der Waals surface area contributed by atoms with Crippen molar-refractivity contribution in [3.05, 3.63) is 64.5 Å². The average Bonchev–Trinajstić information content (AvgIpc) is 3.19. The van der Waals surface area contributed by atoms with Gasteiger partial charge in [-0.2, -0.15) is 29.9 Å². The molecule has 1 aromatic carbocycles. The van der Waals surface area contributed by atoms with Gasteiger partial charge in [0, 0.05) is 29.8 Å². The smallest absolute Gasteiger partial charge is 0.351 e. The number of nitrogens with zero attached hydrogens (tertiary/aromatic N) is 3. The molecule has 0 aliphatic carbocycles. The number of alkyl halides is 3. The summed E-state index contributed by atoms with van der Waals surface area (Å²) >= 11 is 7.28. The van der Waals surface area contributed by atoms with E-state index in [2.05, 4.69) is 25.0 Å². The number of hydrogen-bond donors (Lipinski definition) is 1. The highest BCUT2D eigenvalue weighted by Gasteiger charge is 2.38. The fourth-order valence-corrected chi connectivity index (χ4v) is 3.22. The Morgan fingerprint density at radius 3 is 2.67 bits per heavy atom. The summed E-state index contributed by atoms with van der Waals surface area (Å²) in [5, 5.41) is 6.18. The molecule has 0 aliphatic rings. The van der Waals surface area contributed by atoms with Crippen molar-refractivity contribution >= 4 is 29.3 Å². The lowest BCUT2D eigenvalue weighted by molar-refractivity contribution is -0.159. The maximum atomic E-state index is 14.3. The van der Waals surface area contributed by atoms with Gasteiger partial charge in [0.15, 0.2) is 0 Å². The quantitative estimate of drug-likeness (QED) is 0.315. The molecule has 0 spiro atoms. The van der Waals surface area contributed by atoms with Crippen molar-refractivity contribution in [3.63, 3.8) is 0 Å². The molecule has 1 amide bonds. The van der Waals surface area contributed by atoms with Crippen LogP contribution in [0, 0.1) is 5.82 Å². The fourth-order valence-electron chi connectivity index (χ4n) is 2.31. The normalized spacial score (nSPS) is 11.5. The minimum Gasteiger partial charge on any atom is -0.351 e. The molecule has 2 heterocycles. The molecule has 2 aromatic heterocycles. The largest absolute Gasteiger partial charge is 0.471 e. The van der Waals surface area contributed by atoms with Gasteiger partial charge in [-0.05, 0) is 29.8 Å². The molecule has 0 fully saturated rings. The standard InChI is InChI=1S/C18H13ClF4N4O2S/c19-14-4-1-10(8-25-14)9-30-6-5-24-16(28)11-2-3-12(13(20)7-11)15-26-17(29-27-15)18(21,22)23/h1-4,7-8H,5-6,9H2,(H,24,28). The Bertz CT molecular complexity index is 1030. The van der Waals surface area contributed by atoms with Crippen molar-refractivity contribution < 1.29 is 26.9 Å². The van der Waals surface area contributed by atoms with E-state index < -0.39 is 29.6 Å². The zero-order valence-corrected chi connectivity index (χ0v) is 16.6. The van der Waals surface area contributed by atoms with Crippen LogP contribution in [0.5, 0.6) is 0 Å². The predicted molar refractivity (Wildman–Crippen MR) is 102 cm³/mol. The van der Waals surface area contributed by atoms with Crippen molar-refractivity contribution in [2.24, 2.45) is 0 Å². The fraction of sp³-hybridized carbons (Fsp3) is 0.222. The van der Waals surface area contributed by atoms with Crippen molar-refractivity contribution in [1.82, 2.24) is 20.4 Å². The highest BCUT2D eigenvalue weighted by molar-refractivity contribution is 7.98. The molecule has 0 unspecified atom stereocenters. The third kappa shape index (κ3) is 5.70. The molecule has 0 radical (unpaired) electrons. The van der Waals surface area contributed by atoms with Gasteiger partial charge in [0.1, 0.15) is 11.0 Å². The van der Waals surface area contributed by atoms with Crippen molar-refractivity contribution in [2.45, 2.75) is 11.9 Å². The second-order valence-electron chi connectivity index (χ2n) is 5.91. The first kappa shape index (κ1) is 22.0. The number of aromatic nitrogens is 3. The van der Waals surface area contributed by atoms with E-state index in [1.807, 2.05) is 6.07 Å². The molecule has 6 nitrogen and oxygen atoms in total. The summed E-state index contributed by atoms with van der Waals surface area (Å²) in [6.07, 6.45) is -3.16. The van der Waals surface area contributed by atoms with Gasteiger partial charge in [-0.1, -0.05) is 22.8 Å². The molecule has 0 saturated heterocycles. The zero-order chi connectivity index (χ0) is 21.7. The second-order valence-corrected chi connectivity index (χ2v) is 7.41. The van der Waals surface area contributed by atoms with Gasteiger partial charge in [0.2, 0.25) is 5.82 Å². The Balaban J connectivity index is 1.52. The Morgan fingerprint density at radius 2 is 2.03 bits per heavy atom. The molecular weight excluding hydrogens is 448 g/mol. The van der Waals surface area contributed by atoms with Crippen LogP contribution in [0.15, 0.2) is 41.1 Å². The number of hydrogen-bond acceptors (Lipinski definition) is 6. The Kier molecular flexibility index (Phi) is 6.93. The van der Waals surface area contributed by atoms with Gasteiger partial charge in [-0.3, -0.25) is 4.79 Å². The van der Waals surface area contributed by atoms with E-state index in [4.69, 9.17) is 11.6 Å². The molecule has 0 bridgehead atoms. The summed E-state index contributed by atoms with van der Waals surface area (Å²) in [6.45, 7) is 0.341. The summed E-state index contributed by atoms with van der Waals surface area (Å²) in [7, 11) is 0. The third-order valence-corrected chi connectivity index (χ3v) is 4.98. The van der Waals surface area contributed by atoms with Gasteiger partial charge in [0.05, 0.1) is 5.56 Å². The first-order valence-electron chi connectivity index (χ1n) is 8.41. The summed E-state index contributed by atoms with van der Waals surface area (Å²) < 4.78 is 55.9. The lowest BCUT2D eigenvalue weighted by Gasteiger charge is -2.07. The molecule has 0 atom stereocenters. The number of carbonyl (C=O) groups excluding carboxylic acids is 1. The summed E-state index contributed by atoms with van der Waals surface area (Å²) in [5.74, 6) is -2.29. The van der Waals surface area contributed by atoms with Crippen molar-refractivity contribution in [3.8, 4) is 11.4 Å². The number of benzene rings is 1. The molecule has 3 aromatic rings. The molecule has 30 heavy (non-hydrogen) atoms. The minimum absolute atomic E-state index is 0.0164. The number of thioether (sulfide) groups is 1. The van der Waals surface area contributed by atoms with E-state index in [-0.39, 0.29) is 11.1 Å². The van der Waals surface area contributed by atoms with E-state index in [1.54, 1.807) is 24.0 Å². The first-order valence-corrected chi connectivity index (χ1v) is 9.94. The molecule has 12 heteroatoms. The maximum absolute atomic E-state index is 14.3. The Labute approximate surface area is 177 Å². The van der Waals surface area contributed by atoms with Crippen LogP contribution in [0.4, 0.5) is 17.6 Å². The van der Waals surface area contributed by atoms with Crippen LogP contribution in [0.25, 0.3) is 11.4 Å². The van der Waals surface area contributed by atoms with Crippen LogP contribution < -0.4 is 5.32 Å². The van der Waals surface area contributed by atoms with E-state index in [0.29, 0.717) is 23.2 Å². The lowest BCUT2D eigenvalue weighted by Crippen LogP contribution is -2.25. The van der Waals surface area contributed by atoms with Crippen LogP contribution in [0.1, 0.15) is 21.8 Å². The molecule has 0 aliphatic heterocycles. The molecule has 0 saturated carbocycles. The van der Waals surface area contributed by atoms with E-state index in [9.17, 15) is 22.4 Å². The highest BCUT2D eigenvalue weighted by atomic mass is 35.5. The van der Waals surface area contributed by atoms with Crippen LogP contribution in [0.3, 0.4) is 0 Å². The van der Waals surface area contributed by atoms with E-state index >= 15 is 0 Å². The first-order chi connectivity index (χ1) is 14.2. The third-order valence-electron chi connectivity index (χ3n) is 3.73. The Morgan fingerprint density at radius 1 is 1.23 bits per heavy atom. The second kappa shape index (κ2) is 9.43. The SMILES string of the molecule is O=C(NCCSCc1ccc(Cl)nc1)c1ccc(-c2noc(C(F)(F)F)n2)c(F)c1. The van der Waals surface area contributed by atoms with Gasteiger partial charge >= 0.3 is 12.1 Å². The van der Waals surface area contributed by atoms with Crippen LogP contribution in [0.2, 0.25) is 5.15 Å². The van der Waals surface area contributed by atoms with Gasteiger partial charge in [-0.15, -0.1) is 0 Å². The average molecular weight is 461 g/mol. The van der Waals surface area contributed by atoms with Gasteiger partial charge in [-0.25, -0.2) is 9.37 Å². The number of amides is 1. The highest BCUT2D eigenvalue weighted by Crippen LogP contribution is 2.30. The summed E-state index contributed by atoms with van der Waals surface area (Å²) in [5.41, 5.74) is 0.698. The zero-order valence-electron chi connectivity index (χ0n) is 15.0. The van der Waals surface area contributed by atoms with E-state index in [1.165, 1.54) is 6.07 Å². The number of nitrogens with one attached hydrogen (secondary N) is 1. The van der Waals surface area contributed by atoms with Gasteiger partial charge in [0.25, 0.3) is 5.91 Å². The number of carbonyl (C=O) groups is 1. The number of pyridine rings is 1. The molecular formula is C18H13ClF4N4O2S. The monoisotopic (exact) mass is 460 g/mol. The lowest BCUT2D eigenvalue weighted by atomic mass is 10.1. The van der Waals surface area contributed by atoms with Crippen LogP contribution in [-0.4, -0.2) is 33.3 Å². The predicted octanol–water partition coefficient (Wildman–Crippen LogP) is 4.61. The minimum atomic E-state index is -4.83. The van der Waals surface area contributed by atoms with Crippen LogP contribution >= 0.6 is 23.4 Å². The molecule has 158 valence electrons. The summed E-state index contributed by atoms with van der Waals surface area (Å²) in [6, 6.07) is 6.84.